The van der Waals surface area contributed by atoms with Gasteiger partial charge in [-0.3, -0.25) is 0 Å². The maximum absolute atomic E-state index is 6.43. The molecule has 1 spiro atoms. The summed E-state index contributed by atoms with van der Waals surface area (Å²) < 4.78 is 11.9. The van der Waals surface area contributed by atoms with Crippen LogP contribution in [0.25, 0.3) is 0 Å². The summed E-state index contributed by atoms with van der Waals surface area (Å²) in [6, 6.07) is 8.90. The number of fused-ring (bicyclic) bond motifs is 1. The molecule has 1 unspecified atom stereocenters. The molecule has 3 nitrogen and oxygen atoms in total. The third-order valence-electron chi connectivity index (χ3n) is 4.82. The van der Waals surface area contributed by atoms with Gasteiger partial charge >= 0.3 is 0 Å². The quantitative estimate of drug-likeness (QED) is 0.916. The molecule has 0 saturated heterocycles. The van der Waals surface area contributed by atoms with E-state index in [9.17, 15) is 0 Å². The SMILES string of the molecule is CCNC1CC2(CCC(OC)CC2)Oc2ccccc21. The van der Waals surface area contributed by atoms with Gasteiger partial charge in [0.05, 0.1) is 6.10 Å². The summed E-state index contributed by atoms with van der Waals surface area (Å²) in [6.45, 7) is 3.17. The van der Waals surface area contributed by atoms with Crippen LogP contribution in [0.4, 0.5) is 0 Å². The predicted octanol–water partition coefficient (Wildman–Crippen LogP) is 3.45. The van der Waals surface area contributed by atoms with E-state index in [0.717, 1.165) is 44.4 Å². The fourth-order valence-electron chi connectivity index (χ4n) is 3.71. The highest BCUT2D eigenvalue weighted by Crippen LogP contribution is 2.46. The lowest BCUT2D eigenvalue weighted by Crippen LogP contribution is -2.47. The van der Waals surface area contributed by atoms with Gasteiger partial charge in [-0.2, -0.15) is 0 Å². The predicted molar refractivity (Wildman–Crippen MR) is 80.1 cm³/mol. The lowest BCUT2D eigenvalue weighted by Gasteiger charge is -2.46. The summed E-state index contributed by atoms with van der Waals surface area (Å²) in [5.41, 5.74) is 1.32. The summed E-state index contributed by atoms with van der Waals surface area (Å²) >= 11 is 0. The highest BCUT2D eigenvalue weighted by Gasteiger charge is 2.43. The van der Waals surface area contributed by atoms with Gasteiger partial charge in [-0.15, -0.1) is 0 Å². The normalized spacial score (nSPS) is 32.7. The molecule has 20 heavy (non-hydrogen) atoms. The van der Waals surface area contributed by atoms with Crippen LogP contribution in [0.2, 0.25) is 0 Å². The van der Waals surface area contributed by atoms with Crippen molar-refractivity contribution in [3.05, 3.63) is 29.8 Å². The number of hydrogen-bond donors (Lipinski definition) is 1. The van der Waals surface area contributed by atoms with E-state index in [0.29, 0.717) is 12.1 Å². The molecule has 2 aliphatic rings. The van der Waals surface area contributed by atoms with E-state index in [1.807, 2.05) is 7.11 Å². The Kier molecular flexibility index (Phi) is 3.99. The van der Waals surface area contributed by atoms with E-state index in [1.54, 1.807) is 0 Å². The number of benzene rings is 1. The second-order valence-electron chi connectivity index (χ2n) is 6.07. The first-order chi connectivity index (χ1) is 9.76. The van der Waals surface area contributed by atoms with Crippen LogP contribution in [0.1, 0.15) is 50.6 Å². The van der Waals surface area contributed by atoms with E-state index in [2.05, 4.69) is 36.5 Å². The van der Waals surface area contributed by atoms with Crippen molar-refractivity contribution in [1.29, 1.82) is 0 Å². The van der Waals surface area contributed by atoms with E-state index >= 15 is 0 Å². The van der Waals surface area contributed by atoms with Crippen molar-refractivity contribution in [1.82, 2.24) is 5.32 Å². The van der Waals surface area contributed by atoms with Crippen molar-refractivity contribution in [2.75, 3.05) is 13.7 Å². The Morgan fingerprint density at radius 1 is 1.30 bits per heavy atom. The third kappa shape index (κ3) is 2.57. The van der Waals surface area contributed by atoms with Crippen molar-refractivity contribution >= 4 is 0 Å². The molecule has 1 heterocycles. The zero-order chi connectivity index (χ0) is 14.0. The second kappa shape index (κ2) is 5.74. The first kappa shape index (κ1) is 13.9. The molecule has 0 bridgehead atoms. The summed E-state index contributed by atoms with van der Waals surface area (Å²) in [4.78, 5) is 0. The van der Waals surface area contributed by atoms with Crippen molar-refractivity contribution in [2.45, 2.75) is 56.8 Å². The summed E-state index contributed by atoms with van der Waals surface area (Å²) in [5, 5.41) is 3.63. The number of nitrogens with one attached hydrogen (secondary N) is 1. The molecule has 1 saturated carbocycles. The van der Waals surface area contributed by atoms with Crippen molar-refractivity contribution in [2.24, 2.45) is 0 Å². The maximum Gasteiger partial charge on any atom is 0.124 e. The average Bonchev–Trinajstić information content (AvgIpc) is 2.48. The summed E-state index contributed by atoms with van der Waals surface area (Å²) in [6.07, 6.45) is 5.91. The number of hydrogen-bond acceptors (Lipinski definition) is 3. The molecule has 1 aromatic carbocycles. The molecule has 1 N–H and O–H groups in total. The van der Waals surface area contributed by atoms with E-state index in [4.69, 9.17) is 9.47 Å². The Labute approximate surface area is 121 Å². The largest absolute Gasteiger partial charge is 0.487 e. The number of para-hydroxylation sites is 1. The Hall–Kier alpha value is -1.06. The van der Waals surface area contributed by atoms with Gasteiger partial charge in [0.15, 0.2) is 0 Å². The monoisotopic (exact) mass is 275 g/mol. The minimum Gasteiger partial charge on any atom is -0.487 e. The van der Waals surface area contributed by atoms with Crippen LogP contribution in [-0.4, -0.2) is 25.4 Å². The van der Waals surface area contributed by atoms with Gasteiger partial charge in [0.25, 0.3) is 0 Å². The van der Waals surface area contributed by atoms with Crippen LogP contribution < -0.4 is 10.1 Å². The standard InChI is InChI=1S/C17H25NO2/c1-3-18-15-12-17(10-8-13(19-2)9-11-17)20-16-7-5-4-6-14(15)16/h4-7,13,15,18H,3,8-12H2,1-2H3. The van der Waals surface area contributed by atoms with E-state index < -0.39 is 0 Å². The minimum absolute atomic E-state index is 0.0101. The molecule has 3 rings (SSSR count). The molecule has 3 heteroatoms. The smallest absolute Gasteiger partial charge is 0.124 e. The molecular weight excluding hydrogens is 250 g/mol. The fraction of sp³-hybridized carbons (Fsp3) is 0.647. The molecule has 0 amide bonds. The Morgan fingerprint density at radius 3 is 2.75 bits per heavy atom. The third-order valence-corrected chi connectivity index (χ3v) is 4.82. The molecule has 1 aliphatic heterocycles. The topological polar surface area (TPSA) is 30.5 Å². The molecule has 1 atom stereocenters. The van der Waals surface area contributed by atoms with Crippen LogP contribution >= 0.6 is 0 Å². The van der Waals surface area contributed by atoms with Gasteiger partial charge in [-0.1, -0.05) is 25.1 Å². The van der Waals surface area contributed by atoms with Crippen LogP contribution in [0.5, 0.6) is 5.75 Å². The van der Waals surface area contributed by atoms with Gasteiger partial charge in [0.1, 0.15) is 11.4 Å². The van der Waals surface area contributed by atoms with Crippen molar-refractivity contribution in [3.8, 4) is 5.75 Å². The Balaban J connectivity index is 1.83. The highest BCUT2D eigenvalue weighted by atomic mass is 16.5. The first-order valence-electron chi connectivity index (χ1n) is 7.80. The van der Waals surface area contributed by atoms with Crippen LogP contribution in [0.3, 0.4) is 0 Å². The zero-order valence-corrected chi connectivity index (χ0v) is 12.5. The second-order valence-corrected chi connectivity index (χ2v) is 6.07. The zero-order valence-electron chi connectivity index (χ0n) is 12.5. The maximum atomic E-state index is 6.43. The molecule has 0 radical (unpaired) electrons. The van der Waals surface area contributed by atoms with Crippen molar-refractivity contribution < 1.29 is 9.47 Å². The number of rotatable bonds is 3. The van der Waals surface area contributed by atoms with Crippen LogP contribution in [0.15, 0.2) is 24.3 Å². The van der Waals surface area contributed by atoms with Gasteiger partial charge in [0, 0.05) is 25.1 Å². The molecule has 1 aliphatic carbocycles. The molecule has 0 aromatic heterocycles. The number of methoxy groups -OCH3 is 1. The average molecular weight is 275 g/mol. The lowest BCUT2D eigenvalue weighted by atomic mass is 9.76. The summed E-state index contributed by atoms with van der Waals surface area (Å²) in [7, 11) is 1.82. The first-order valence-corrected chi connectivity index (χ1v) is 7.80. The van der Waals surface area contributed by atoms with Gasteiger partial charge < -0.3 is 14.8 Å². The molecule has 1 fully saturated rings. The Bertz CT molecular complexity index is 452. The minimum atomic E-state index is 0.0101. The summed E-state index contributed by atoms with van der Waals surface area (Å²) in [5.74, 6) is 1.07. The lowest BCUT2D eigenvalue weighted by molar-refractivity contribution is -0.0453. The van der Waals surface area contributed by atoms with Gasteiger partial charge in [0.2, 0.25) is 0 Å². The number of ether oxygens (including phenoxy) is 2. The van der Waals surface area contributed by atoms with E-state index in [1.165, 1.54) is 5.56 Å². The van der Waals surface area contributed by atoms with E-state index in [-0.39, 0.29) is 5.60 Å². The Morgan fingerprint density at radius 2 is 2.05 bits per heavy atom. The van der Waals surface area contributed by atoms with Gasteiger partial charge in [-0.05, 0) is 38.3 Å². The molecular formula is C17H25NO2. The fourth-order valence-corrected chi connectivity index (χ4v) is 3.71. The molecule has 110 valence electrons. The van der Waals surface area contributed by atoms with Gasteiger partial charge in [-0.25, -0.2) is 0 Å². The molecule has 1 aromatic rings. The highest BCUT2D eigenvalue weighted by molar-refractivity contribution is 5.39. The van der Waals surface area contributed by atoms with Crippen LogP contribution in [0, 0.1) is 0 Å². The van der Waals surface area contributed by atoms with Crippen molar-refractivity contribution in [3.63, 3.8) is 0 Å². The van der Waals surface area contributed by atoms with Crippen LogP contribution in [-0.2, 0) is 4.74 Å².